The smallest absolute Gasteiger partial charge is 0.458 e. The second-order valence-corrected chi connectivity index (χ2v) is 7.20. The van der Waals surface area contributed by atoms with Gasteiger partial charge in [0.25, 0.3) is 0 Å². The Bertz CT molecular complexity index is 501. The van der Waals surface area contributed by atoms with E-state index < -0.39 is 41.4 Å². The van der Waals surface area contributed by atoms with Gasteiger partial charge in [-0.1, -0.05) is 0 Å². The fourth-order valence-electron chi connectivity index (χ4n) is 1.52. The zero-order valence-corrected chi connectivity index (χ0v) is 15.8. The lowest BCUT2D eigenvalue weighted by Crippen LogP contribution is -2.46. The van der Waals surface area contributed by atoms with Crippen molar-refractivity contribution in [1.29, 1.82) is 0 Å². The maximum atomic E-state index is 12.2. The Balaban J connectivity index is 4.89. The van der Waals surface area contributed by atoms with Crippen LogP contribution < -0.4 is 5.32 Å². The molecule has 0 rings (SSSR count). The first-order chi connectivity index (χ1) is 11.2. The van der Waals surface area contributed by atoms with Gasteiger partial charge in [0.2, 0.25) is 0 Å². The van der Waals surface area contributed by atoms with Gasteiger partial charge in [-0.15, -0.1) is 0 Å². The van der Waals surface area contributed by atoms with Crippen molar-refractivity contribution in [3.63, 3.8) is 0 Å². The standard InChI is InChI=1S/C16H27NO8/c1-15(2,3)24-12(19)10(17-13(20)25-16(4,5)6)8-9-11(18)23-14(21)22-7/h10H,8-9H2,1-7H3,(H,17,20)/t10-/m0/s1. The minimum atomic E-state index is -1.15. The van der Waals surface area contributed by atoms with E-state index in [2.05, 4.69) is 14.8 Å². The minimum absolute atomic E-state index is 0.135. The van der Waals surface area contributed by atoms with E-state index in [4.69, 9.17) is 9.47 Å². The number of nitrogens with one attached hydrogen (secondary N) is 1. The molecule has 0 aromatic rings. The molecule has 0 unspecified atom stereocenters. The second-order valence-electron chi connectivity index (χ2n) is 7.20. The van der Waals surface area contributed by atoms with E-state index in [9.17, 15) is 19.2 Å². The number of rotatable bonds is 5. The molecule has 0 saturated heterocycles. The molecule has 0 heterocycles. The molecule has 0 spiro atoms. The number of alkyl carbamates (subject to hydrolysis) is 1. The molecule has 0 aromatic carbocycles. The Kier molecular flexibility index (Phi) is 8.38. The fraction of sp³-hybridized carbons (Fsp3) is 0.750. The normalized spacial score (nSPS) is 12.6. The third-order valence-corrected chi connectivity index (χ3v) is 2.38. The summed E-state index contributed by atoms with van der Waals surface area (Å²) >= 11 is 0. The quantitative estimate of drug-likeness (QED) is 0.450. The number of hydrogen-bond acceptors (Lipinski definition) is 8. The molecular weight excluding hydrogens is 334 g/mol. The molecule has 0 bridgehead atoms. The Morgan fingerprint density at radius 2 is 1.44 bits per heavy atom. The van der Waals surface area contributed by atoms with E-state index in [-0.39, 0.29) is 12.8 Å². The summed E-state index contributed by atoms with van der Waals surface area (Å²) in [5.74, 6) is -1.63. The van der Waals surface area contributed by atoms with Gasteiger partial charge in [0, 0.05) is 6.42 Å². The van der Waals surface area contributed by atoms with Crippen molar-refractivity contribution in [2.45, 2.75) is 71.6 Å². The second kappa shape index (κ2) is 9.24. The van der Waals surface area contributed by atoms with Crippen LogP contribution in [0.4, 0.5) is 9.59 Å². The number of carbonyl (C=O) groups is 4. The van der Waals surface area contributed by atoms with E-state index in [0.717, 1.165) is 7.11 Å². The summed E-state index contributed by atoms with van der Waals surface area (Å²) in [6.07, 6.45) is -2.43. The summed E-state index contributed by atoms with van der Waals surface area (Å²) < 4.78 is 18.8. The van der Waals surface area contributed by atoms with Gasteiger partial charge in [-0.25, -0.2) is 14.4 Å². The topological polar surface area (TPSA) is 117 Å². The Labute approximate surface area is 147 Å². The van der Waals surface area contributed by atoms with E-state index >= 15 is 0 Å². The van der Waals surface area contributed by atoms with Crippen molar-refractivity contribution in [2.24, 2.45) is 0 Å². The maximum Gasteiger partial charge on any atom is 0.515 e. The van der Waals surface area contributed by atoms with Crippen LogP contribution in [-0.4, -0.2) is 48.5 Å². The van der Waals surface area contributed by atoms with Crippen LogP contribution in [0.1, 0.15) is 54.4 Å². The fourth-order valence-corrected chi connectivity index (χ4v) is 1.52. The summed E-state index contributed by atoms with van der Waals surface area (Å²) in [7, 11) is 1.06. The number of methoxy groups -OCH3 is 1. The molecule has 1 atom stereocenters. The first-order valence-corrected chi connectivity index (χ1v) is 7.74. The molecule has 9 nitrogen and oxygen atoms in total. The predicted molar refractivity (Wildman–Crippen MR) is 86.7 cm³/mol. The van der Waals surface area contributed by atoms with Crippen LogP contribution in [0.5, 0.6) is 0 Å². The van der Waals surface area contributed by atoms with Gasteiger partial charge in [-0.05, 0) is 48.0 Å². The molecule has 25 heavy (non-hydrogen) atoms. The molecule has 144 valence electrons. The Morgan fingerprint density at radius 3 is 1.88 bits per heavy atom. The van der Waals surface area contributed by atoms with Crippen LogP contribution in [0.2, 0.25) is 0 Å². The molecule has 0 aliphatic carbocycles. The highest BCUT2D eigenvalue weighted by molar-refractivity contribution is 5.84. The SMILES string of the molecule is COC(=O)OC(=O)CC[C@H](NC(=O)OC(C)(C)C)C(=O)OC(C)(C)C. The summed E-state index contributed by atoms with van der Waals surface area (Å²) in [5, 5.41) is 2.36. The van der Waals surface area contributed by atoms with Crippen molar-refractivity contribution in [2.75, 3.05) is 7.11 Å². The van der Waals surface area contributed by atoms with Crippen molar-refractivity contribution in [3.8, 4) is 0 Å². The highest BCUT2D eigenvalue weighted by atomic mass is 16.7. The first kappa shape index (κ1) is 22.7. The molecule has 0 radical (unpaired) electrons. The lowest BCUT2D eigenvalue weighted by atomic mass is 10.1. The van der Waals surface area contributed by atoms with E-state index in [0.29, 0.717) is 0 Å². The number of hydrogen-bond donors (Lipinski definition) is 1. The summed E-state index contributed by atoms with van der Waals surface area (Å²) in [4.78, 5) is 46.5. The molecular formula is C16H27NO8. The van der Waals surface area contributed by atoms with Gasteiger partial charge in [0.15, 0.2) is 0 Å². The molecule has 0 aliphatic rings. The molecule has 0 aromatic heterocycles. The van der Waals surface area contributed by atoms with Crippen LogP contribution in [0, 0.1) is 0 Å². The highest BCUT2D eigenvalue weighted by Gasteiger charge is 2.29. The van der Waals surface area contributed by atoms with Gasteiger partial charge in [-0.2, -0.15) is 0 Å². The van der Waals surface area contributed by atoms with Crippen LogP contribution in [0.3, 0.4) is 0 Å². The zero-order valence-electron chi connectivity index (χ0n) is 15.8. The molecule has 0 fully saturated rings. The number of carbonyl (C=O) groups excluding carboxylic acids is 4. The van der Waals surface area contributed by atoms with Crippen molar-refractivity contribution < 1.29 is 38.1 Å². The van der Waals surface area contributed by atoms with Crippen molar-refractivity contribution in [1.82, 2.24) is 5.32 Å². The lowest BCUT2D eigenvalue weighted by molar-refractivity contribution is -0.157. The van der Waals surface area contributed by atoms with Gasteiger partial charge < -0.3 is 24.3 Å². The van der Waals surface area contributed by atoms with Gasteiger partial charge in [-0.3, -0.25) is 4.79 Å². The van der Waals surface area contributed by atoms with Crippen molar-refractivity contribution in [3.05, 3.63) is 0 Å². The van der Waals surface area contributed by atoms with Gasteiger partial charge in [0.1, 0.15) is 17.2 Å². The summed E-state index contributed by atoms with van der Waals surface area (Å²) in [5.41, 5.74) is -1.54. The predicted octanol–water partition coefficient (Wildman–Crippen LogP) is 2.31. The Morgan fingerprint density at radius 1 is 0.920 bits per heavy atom. The zero-order chi connectivity index (χ0) is 19.8. The third kappa shape index (κ3) is 11.8. The summed E-state index contributed by atoms with van der Waals surface area (Å²) in [6, 6.07) is -1.14. The van der Waals surface area contributed by atoms with Gasteiger partial charge >= 0.3 is 24.2 Å². The van der Waals surface area contributed by atoms with E-state index in [1.54, 1.807) is 41.5 Å². The van der Waals surface area contributed by atoms with Crippen LogP contribution in [-0.2, 0) is 28.5 Å². The molecule has 9 heteroatoms. The number of ether oxygens (including phenoxy) is 4. The van der Waals surface area contributed by atoms with E-state index in [1.807, 2.05) is 0 Å². The number of amides is 1. The lowest BCUT2D eigenvalue weighted by Gasteiger charge is -2.26. The number of esters is 2. The molecule has 1 amide bonds. The average molecular weight is 361 g/mol. The third-order valence-electron chi connectivity index (χ3n) is 2.38. The molecule has 0 saturated carbocycles. The molecule has 1 N–H and O–H groups in total. The van der Waals surface area contributed by atoms with Crippen LogP contribution >= 0.6 is 0 Å². The minimum Gasteiger partial charge on any atom is -0.458 e. The Hall–Kier alpha value is -2.32. The highest BCUT2D eigenvalue weighted by Crippen LogP contribution is 2.13. The average Bonchev–Trinajstić information content (AvgIpc) is 2.39. The maximum absolute atomic E-state index is 12.2. The van der Waals surface area contributed by atoms with Gasteiger partial charge in [0.05, 0.1) is 7.11 Å². The summed E-state index contributed by atoms with van der Waals surface area (Å²) in [6.45, 7) is 10.0. The largest absolute Gasteiger partial charge is 0.515 e. The van der Waals surface area contributed by atoms with Crippen molar-refractivity contribution >= 4 is 24.2 Å². The monoisotopic (exact) mass is 361 g/mol. The molecule has 0 aliphatic heterocycles. The van der Waals surface area contributed by atoms with Crippen LogP contribution in [0.25, 0.3) is 0 Å². The van der Waals surface area contributed by atoms with E-state index in [1.165, 1.54) is 0 Å². The van der Waals surface area contributed by atoms with Crippen LogP contribution in [0.15, 0.2) is 0 Å². The first-order valence-electron chi connectivity index (χ1n) is 7.74.